The van der Waals surface area contributed by atoms with E-state index >= 15 is 0 Å². The summed E-state index contributed by atoms with van der Waals surface area (Å²) in [6.45, 7) is 5.44. The number of hydrogen-bond donors (Lipinski definition) is 1. The van der Waals surface area contributed by atoms with Crippen molar-refractivity contribution in [3.8, 4) is 5.75 Å². The average molecular weight is 530 g/mol. The Morgan fingerprint density at radius 2 is 1.72 bits per heavy atom. The van der Waals surface area contributed by atoms with E-state index in [-0.39, 0.29) is 18.3 Å². The van der Waals surface area contributed by atoms with Crippen LogP contribution in [-0.4, -0.2) is 71.6 Å². The first-order valence-corrected chi connectivity index (χ1v) is 13.0. The van der Waals surface area contributed by atoms with Gasteiger partial charge in [-0.1, -0.05) is 6.07 Å². The van der Waals surface area contributed by atoms with Gasteiger partial charge in [0, 0.05) is 56.5 Å². The third-order valence-corrected chi connectivity index (χ3v) is 6.59. The number of aromatic nitrogens is 4. The second kappa shape index (κ2) is 11.8. The number of fused-ring (bicyclic) bond motifs is 1. The van der Waals surface area contributed by atoms with Crippen LogP contribution in [0.15, 0.2) is 60.7 Å². The summed E-state index contributed by atoms with van der Waals surface area (Å²) in [6.07, 6.45) is 0.597. The van der Waals surface area contributed by atoms with Crippen LogP contribution in [0.4, 0.5) is 17.2 Å². The van der Waals surface area contributed by atoms with Gasteiger partial charge in [-0.3, -0.25) is 4.79 Å². The van der Waals surface area contributed by atoms with Gasteiger partial charge in [0.15, 0.2) is 11.5 Å². The number of ether oxygens (including phenoxy) is 2. The van der Waals surface area contributed by atoms with Crippen LogP contribution in [0.2, 0.25) is 0 Å². The summed E-state index contributed by atoms with van der Waals surface area (Å²) >= 11 is 0. The molecule has 0 unspecified atom stereocenters. The van der Waals surface area contributed by atoms with E-state index in [4.69, 9.17) is 14.6 Å². The van der Waals surface area contributed by atoms with E-state index in [9.17, 15) is 9.59 Å². The second-order valence-electron chi connectivity index (χ2n) is 9.10. The maximum atomic E-state index is 12.6. The number of methoxy groups -OCH3 is 1. The maximum absolute atomic E-state index is 12.6. The highest BCUT2D eigenvalue weighted by molar-refractivity contribution is 5.93. The molecular formula is C28H31N7O4. The highest BCUT2D eigenvalue weighted by Crippen LogP contribution is 2.23. The number of aryl methyl sites for hydroxylation is 1. The number of benzene rings is 2. The van der Waals surface area contributed by atoms with Gasteiger partial charge < -0.3 is 24.6 Å². The molecule has 0 spiro atoms. The minimum atomic E-state index is -0.389. The maximum Gasteiger partial charge on any atom is 0.338 e. The fourth-order valence-corrected chi connectivity index (χ4v) is 4.50. The van der Waals surface area contributed by atoms with Gasteiger partial charge >= 0.3 is 5.97 Å². The average Bonchev–Trinajstić information content (AvgIpc) is 3.39. The minimum Gasteiger partial charge on any atom is -0.497 e. The Kier molecular flexibility index (Phi) is 7.86. The molecule has 3 heterocycles. The summed E-state index contributed by atoms with van der Waals surface area (Å²) in [5.41, 5.74) is 2.83. The number of nitrogens with zero attached hydrogens (tertiary/aromatic N) is 6. The predicted molar refractivity (Wildman–Crippen MR) is 148 cm³/mol. The fraction of sp³-hybridized carbons (Fsp3) is 0.321. The molecule has 39 heavy (non-hydrogen) atoms. The van der Waals surface area contributed by atoms with Crippen molar-refractivity contribution in [1.82, 2.24) is 19.8 Å². The topological polar surface area (TPSA) is 114 Å². The summed E-state index contributed by atoms with van der Waals surface area (Å²) in [4.78, 5) is 28.9. The molecule has 11 heteroatoms. The molecule has 2 aromatic heterocycles. The highest BCUT2D eigenvalue weighted by Gasteiger charge is 2.20. The lowest BCUT2D eigenvalue weighted by Gasteiger charge is -2.36. The molecule has 0 radical (unpaired) electrons. The van der Waals surface area contributed by atoms with E-state index < -0.39 is 0 Å². The number of nitrogens with one attached hydrogen (secondary N) is 1. The van der Waals surface area contributed by atoms with Crippen LogP contribution in [0.1, 0.15) is 29.5 Å². The highest BCUT2D eigenvalue weighted by atomic mass is 16.5. The third kappa shape index (κ3) is 6.08. The summed E-state index contributed by atoms with van der Waals surface area (Å²) < 4.78 is 12.1. The van der Waals surface area contributed by atoms with Gasteiger partial charge in [-0.2, -0.15) is 4.52 Å². The van der Waals surface area contributed by atoms with Crippen LogP contribution >= 0.6 is 0 Å². The molecule has 11 nitrogen and oxygen atoms in total. The van der Waals surface area contributed by atoms with Crippen LogP contribution < -0.4 is 19.9 Å². The lowest BCUT2D eigenvalue weighted by Crippen LogP contribution is -2.47. The van der Waals surface area contributed by atoms with Gasteiger partial charge in [0.05, 0.1) is 19.3 Å². The Labute approximate surface area is 226 Å². The van der Waals surface area contributed by atoms with E-state index in [1.807, 2.05) is 24.3 Å². The van der Waals surface area contributed by atoms with Crippen LogP contribution in [0.3, 0.4) is 0 Å². The normalized spacial score (nSPS) is 13.4. The fourth-order valence-electron chi connectivity index (χ4n) is 4.50. The number of amides is 1. The zero-order valence-corrected chi connectivity index (χ0v) is 22.0. The van der Waals surface area contributed by atoms with Crippen LogP contribution in [0, 0.1) is 0 Å². The lowest BCUT2D eigenvalue weighted by molar-refractivity contribution is -0.116. The summed E-state index contributed by atoms with van der Waals surface area (Å²) in [5, 5.41) is 16.1. The number of anilines is 3. The molecule has 1 aliphatic rings. The molecule has 0 bridgehead atoms. The Balaban J connectivity index is 1.18. The second-order valence-corrected chi connectivity index (χ2v) is 9.10. The summed E-state index contributed by atoms with van der Waals surface area (Å²) in [6, 6.07) is 18.6. The van der Waals surface area contributed by atoms with Gasteiger partial charge in [0.1, 0.15) is 11.6 Å². The van der Waals surface area contributed by atoms with E-state index in [0.717, 1.165) is 43.4 Å². The molecule has 0 saturated carbocycles. The van der Waals surface area contributed by atoms with Gasteiger partial charge in [0.2, 0.25) is 5.91 Å². The SMILES string of the molecule is CCOC(=O)c1ccc(NC(=O)CCc2nnc3ccc(N4CCN(c5cccc(OC)c5)CC4)nn23)cc1. The largest absolute Gasteiger partial charge is 0.497 e. The smallest absolute Gasteiger partial charge is 0.338 e. The Morgan fingerprint density at radius 3 is 2.46 bits per heavy atom. The number of carbonyl (C=O) groups is 2. The first-order valence-electron chi connectivity index (χ1n) is 13.0. The van der Waals surface area contributed by atoms with Gasteiger partial charge in [-0.25, -0.2) is 4.79 Å². The monoisotopic (exact) mass is 529 g/mol. The zero-order chi connectivity index (χ0) is 27.2. The zero-order valence-electron chi connectivity index (χ0n) is 22.0. The predicted octanol–water partition coefficient (Wildman–Crippen LogP) is 3.21. The van der Waals surface area contributed by atoms with E-state index in [2.05, 4.69) is 37.4 Å². The van der Waals surface area contributed by atoms with Crippen LogP contribution in [0.5, 0.6) is 5.75 Å². The van der Waals surface area contributed by atoms with Crippen molar-refractivity contribution < 1.29 is 19.1 Å². The Morgan fingerprint density at radius 1 is 0.949 bits per heavy atom. The Hall–Kier alpha value is -4.67. The number of esters is 1. The lowest BCUT2D eigenvalue weighted by atomic mass is 10.2. The molecule has 202 valence electrons. The van der Waals surface area contributed by atoms with E-state index in [1.54, 1.807) is 42.8 Å². The summed E-state index contributed by atoms with van der Waals surface area (Å²) in [5.74, 6) is 1.76. The first-order chi connectivity index (χ1) is 19.0. The minimum absolute atomic E-state index is 0.166. The van der Waals surface area contributed by atoms with Crippen molar-refractivity contribution in [3.05, 3.63) is 72.1 Å². The van der Waals surface area contributed by atoms with Gasteiger partial charge in [0.25, 0.3) is 0 Å². The summed E-state index contributed by atoms with van der Waals surface area (Å²) in [7, 11) is 1.68. The van der Waals surface area contributed by atoms with Crippen molar-refractivity contribution >= 4 is 34.7 Å². The molecule has 1 aliphatic heterocycles. The Bertz CT molecular complexity index is 1450. The molecule has 5 rings (SSSR count). The van der Waals surface area contributed by atoms with Crippen LogP contribution in [-0.2, 0) is 16.0 Å². The molecule has 2 aromatic carbocycles. The van der Waals surface area contributed by atoms with Crippen LogP contribution in [0.25, 0.3) is 5.65 Å². The molecule has 1 fully saturated rings. The number of rotatable bonds is 9. The molecule has 0 atom stereocenters. The molecule has 1 amide bonds. The van der Waals surface area contributed by atoms with Crippen molar-refractivity contribution in [2.45, 2.75) is 19.8 Å². The van der Waals surface area contributed by atoms with Gasteiger partial charge in [-0.15, -0.1) is 15.3 Å². The molecular weight excluding hydrogens is 498 g/mol. The van der Waals surface area contributed by atoms with Gasteiger partial charge in [-0.05, 0) is 55.5 Å². The third-order valence-electron chi connectivity index (χ3n) is 6.59. The van der Waals surface area contributed by atoms with Crippen molar-refractivity contribution in [2.24, 2.45) is 0 Å². The van der Waals surface area contributed by atoms with Crippen molar-refractivity contribution in [3.63, 3.8) is 0 Å². The van der Waals surface area contributed by atoms with E-state index in [0.29, 0.717) is 35.8 Å². The molecule has 1 N–H and O–H groups in total. The number of piperazine rings is 1. The first kappa shape index (κ1) is 26.0. The standard InChI is InChI=1S/C28H31N7O4/c1-3-39-28(37)20-7-9-21(10-8-20)29-27(36)14-13-25-31-30-24-11-12-26(32-35(24)25)34-17-15-33(16-18-34)22-5-4-6-23(19-22)38-2/h4-12,19H,3,13-18H2,1-2H3,(H,29,36). The number of hydrogen-bond acceptors (Lipinski definition) is 9. The van der Waals surface area contributed by atoms with Crippen molar-refractivity contribution in [1.29, 1.82) is 0 Å². The number of carbonyl (C=O) groups excluding carboxylic acids is 2. The molecule has 1 saturated heterocycles. The molecule has 0 aliphatic carbocycles. The quantitative estimate of drug-likeness (QED) is 0.327. The molecule has 4 aromatic rings. The van der Waals surface area contributed by atoms with E-state index in [1.165, 1.54) is 0 Å². The van der Waals surface area contributed by atoms with Crippen molar-refractivity contribution in [2.75, 3.05) is 55.0 Å².